The maximum atomic E-state index is 13.3. The molecule has 0 aliphatic heterocycles. The molecule has 1 aromatic heterocycles. The molecule has 0 radical (unpaired) electrons. The molecule has 0 N–H and O–H groups in total. The third-order valence-electron chi connectivity index (χ3n) is 4.93. The number of fused-ring (bicyclic) bond motifs is 1. The average Bonchev–Trinajstić information content (AvgIpc) is 2.77. The van der Waals surface area contributed by atoms with Gasteiger partial charge in [-0.05, 0) is 60.2 Å². The largest absolute Gasteiger partial charge is 0.497 e. The molecule has 0 bridgehead atoms. The highest BCUT2D eigenvalue weighted by Crippen LogP contribution is 2.25. The van der Waals surface area contributed by atoms with Crippen molar-refractivity contribution in [3.8, 4) is 5.75 Å². The minimum Gasteiger partial charge on any atom is -0.497 e. The minimum atomic E-state index is -4.18. The molecule has 0 atom stereocenters. The summed E-state index contributed by atoms with van der Waals surface area (Å²) in [5.74, 6) is -0.138. The van der Waals surface area contributed by atoms with Crippen molar-refractivity contribution in [1.29, 1.82) is 0 Å². The summed E-state index contributed by atoms with van der Waals surface area (Å²) < 4.78 is 46.7. The summed E-state index contributed by atoms with van der Waals surface area (Å²) >= 11 is 5.96. The van der Waals surface area contributed by atoms with Gasteiger partial charge < -0.3 is 9.30 Å². The molecule has 0 unspecified atom stereocenters. The summed E-state index contributed by atoms with van der Waals surface area (Å²) in [6.07, 6.45) is 1.32. The van der Waals surface area contributed by atoms with Gasteiger partial charge in [0.2, 0.25) is 15.3 Å². The van der Waals surface area contributed by atoms with E-state index in [0.717, 1.165) is 29.8 Å². The maximum Gasteiger partial charge on any atom is 0.211 e. The molecule has 0 aliphatic rings. The van der Waals surface area contributed by atoms with E-state index in [0.29, 0.717) is 22.8 Å². The Bertz CT molecular complexity index is 1430. The zero-order chi connectivity index (χ0) is 22.2. The number of benzene rings is 3. The molecular formula is C23H17ClFNO4S. The first-order chi connectivity index (χ1) is 14.8. The summed E-state index contributed by atoms with van der Waals surface area (Å²) in [6.45, 7) is 0.312. The molecule has 0 saturated carbocycles. The minimum absolute atomic E-state index is 0.161. The Morgan fingerprint density at radius 2 is 1.68 bits per heavy atom. The quantitative estimate of drug-likeness (QED) is 0.408. The van der Waals surface area contributed by atoms with Gasteiger partial charge >= 0.3 is 0 Å². The van der Waals surface area contributed by atoms with Gasteiger partial charge in [-0.2, -0.15) is 0 Å². The van der Waals surface area contributed by atoms with Crippen LogP contribution in [0.1, 0.15) is 5.56 Å². The third-order valence-corrected chi connectivity index (χ3v) is 6.95. The van der Waals surface area contributed by atoms with Gasteiger partial charge in [-0.25, -0.2) is 12.8 Å². The molecule has 4 rings (SSSR count). The zero-order valence-electron chi connectivity index (χ0n) is 16.4. The Morgan fingerprint density at radius 3 is 2.32 bits per heavy atom. The number of hydrogen-bond acceptors (Lipinski definition) is 4. The highest BCUT2D eigenvalue weighted by molar-refractivity contribution is 7.91. The first-order valence-corrected chi connectivity index (χ1v) is 11.1. The van der Waals surface area contributed by atoms with Crippen molar-refractivity contribution < 1.29 is 17.5 Å². The molecule has 0 spiro atoms. The van der Waals surface area contributed by atoms with Gasteiger partial charge in [0.25, 0.3) is 0 Å². The van der Waals surface area contributed by atoms with Crippen LogP contribution in [0.4, 0.5) is 4.39 Å². The van der Waals surface area contributed by atoms with Gasteiger partial charge in [0.15, 0.2) is 0 Å². The van der Waals surface area contributed by atoms with Crippen LogP contribution in [0.3, 0.4) is 0 Å². The molecule has 0 aliphatic carbocycles. The van der Waals surface area contributed by atoms with Gasteiger partial charge in [0.1, 0.15) is 16.5 Å². The lowest BCUT2D eigenvalue weighted by Crippen LogP contribution is -2.19. The van der Waals surface area contributed by atoms with Crippen LogP contribution >= 0.6 is 11.6 Å². The molecule has 31 heavy (non-hydrogen) atoms. The Balaban J connectivity index is 1.96. The fourth-order valence-electron chi connectivity index (χ4n) is 3.33. The Morgan fingerprint density at radius 1 is 1.00 bits per heavy atom. The number of aromatic nitrogens is 1. The van der Waals surface area contributed by atoms with Crippen LogP contribution in [-0.4, -0.2) is 20.1 Å². The molecular weight excluding hydrogens is 441 g/mol. The van der Waals surface area contributed by atoms with E-state index in [1.807, 2.05) is 12.1 Å². The van der Waals surface area contributed by atoms with E-state index in [4.69, 9.17) is 16.3 Å². The lowest BCUT2D eigenvalue weighted by atomic mass is 10.1. The van der Waals surface area contributed by atoms with Crippen molar-refractivity contribution in [2.45, 2.75) is 16.3 Å². The number of methoxy groups -OCH3 is 1. The van der Waals surface area contributed by atoms with Crippen molar-refractivity contribution in [3.63, 3.8) is 0 Å². The van der Waals surface area contributed by atoms with Gasteiger partial charge in [-0.15, -0.1) is 0 Å². The molecule has 0 saturated heterocycles. The molecule has 0 amide bonds. The molecule has 0 fully saturated rings. The third kappa shape index (κ3) is 4.06. The monoisotopic (exact) mass is 457 g/mol. The first kappa shape index (κ1) is 21.1. The first-order valence-electron chi connectivity index (χ1n) is 9.26. The second-order valence-corrected chi connectivity index (χ2v) is 9.27. The van der Waals surface area contributed by atoms with Crippen LogP contribution < -0.4 is 10.2 Å². The van der Waals surface area contributed by atoms with Crippen LogP contribution in [0, 0.1) is 5.82 Å². The molecule has 4 aromatic rings. The molecule has 8 heteroatoms. The lowest BCUT2D eigenvalue weighted by molar-refractivity contribution is 0.415. The van der Waals surface area contributed by atoms with Crippen molar-refractivity contribution >= 4 is 32.3 Å². The standard InChI is InChI=1S/C23H17ClFNO4S/c1-30-18-8-11-21-20(12-18)23(27)22(31(28,29)19-9-6-17(25)7-10-19)14-26(21)13-15-2-4-16(24)5-3-15/h2-12,14H,13H2,1H3. The molecule has 158 valence electrons. The second kappa shape index (κ2) is 8.17. The van der Waals surface area contributed by atoms with Crippen molar-refractivity contribution in [3.05, 3.63) is 99.6 Å². The molecule has 3 aromatic carbocycles. The van der Waals surface area contributed by atoms with E-state index in [2.05, 4.69) is 0 Å². The van der Waals surface area contributed by atoms with Crippen LogP contribution in [0.25, 0.3) is 10.9 Å². The summed E-state index contributed by atoms with van der Waals surface area (Å²) in [4.78, 5) is 12.6. The fraction of sp³-hybridized carbons (Fsp3) is 0.0870. The van der Waals surface area contributed by atoms with Gasteiger partial charge in [0, 0.05) is 17.8 Å². The predicted octanol–water partition coefficient (Wildman–Crippen LogP) is 4.68. The Labute approximate surface area is 183 Å². The van der Waals surface area contributed by atoms with Gasteiger partial charge in [-0.3, -0.25) is 4.79 Å². The van der Waals surface area contributed by atoms with E-state index in [9.17, 15) is 17.6 Å². The second-order valence-electron chi connectivity index (χ2n) is 6.92. The van der Waals surface area contributed by atoms with Crippen molar-refractivity contribution in [2.75, 3.05) is 7.11 Å². The summed E-state index contributed by atoms with van der Waals surface area (Å²) in [7, 11) is -2.72. The molecule has 5 nitrogen and oxygen atoms in total. The SMILES string of the molecule is COc1ccc2c(c1)c(=O)c(S(=O)(=O)c1ccc(F)cc1)cn2Cc1ccc(Cl)cc1. The highest BCUT2D eigenvalue weighted by Gasteiger charge is 2.24. The number of nitrogens with zero attached hydrogens (tertiary/aromatic N) is 1. The van der Waals surface area contributed by atoms with Crippen molar-refractivity contribution in [2.24, 2.45) is 0 Å². The van der Waals surface area contributed by atoms with E-state index in [1.165, 1.54) is 19.4 Å². The maximum absolute atomic E-state index is 13.3. The Kier molecular flexibility index (Phi) is 5.56. The van der Waals surface area contributed by atoms with Crippen molar-refractivity contribution in [1.82, 2.24) is 4.57 Å². The number of halogens is 2. The summed E-state index contributed by atoms with van der Waals surface area (Å²) in [5, 5.41) is 0.786. The van der Waals surface area contributed by atoms with Crippen LogP contribution in [0.15, 0.2) is 87.5 Å². The van der Waals surface area contributed by atoms with Crippen LogP contribution in [-0.2, 0) is 16.4 Å². The number of pyridine rings is 1. The van der Waals surface area contributed by atoms with Gasteiger partial charge in [-0.1, -0.05) is 23.7 Å². The number of ether oxygens (including phenoxy) is 1. The number of rotatable bonds is 5. The number of sulfone groups is 1. The topological polar surface area (TPSA) is 65.4 Å². The van der Waals surface area contributed by atoms with E-state index in [-0.39, 0.29) is 10.3 Å². The van der Waals surface area contributed by atoms with E-state index >= 15 is 0 Å². The fourth-order valence-corrected chi connectivity index (χ4v) is 4.82. The smallest absolute Gasteiger partial charge is 0.211 e. The van der Waals surface area contributed by atoms with Gasteiger partial charge in [0.05, 0.1) is 22.9 Å². The van der Waals surface area contributed by atoms with E-state index < -0.39 is 26.0 Å². The summed E-state index contributed by atoms with van der Waals surface area (Å²) in [6, 6.07) is 16.4. The van der Waals surface area contributed by atoms with E-state index in [1.54, 1.807) is 28.8 Å². The normalized spacial score (nSPS) is 11.6. The lowest BCUT2D eigenvalue weighted by Gasteiger charge is -2.15. The van der Waals surface area contributed by atoms with Crippen LogP contribution in [0.2, 0.25) is 5.02 Å². The van der Waals surface area contributed by atoms with Crippen LogP contribution in [0.5, 0.6) is 5.75 Å². The summed E-state index contributed by atoms with van der Waals surface area (Å²) in [5.41, 5.74) is 0.777. The highest BCUT2D eigenvalue weighted by atomic mass is 35.5. The molecule has 1 heterocycles. The average molecular weight is 458 g/mol. The number of hydrogen-bond donors (Lipinski definition) is 0. The zero-order valence-corrected chi connectivity index (χ0v) is 18.0. The predicted molar refractivity (Wildman–Crippen MR) is 117 cm³/mol. The Hall–Kier alpha value is -3.16.